The van der Waals surface area contributed by atoms with Gasteiger partial charge in [-0.05, 0) is 24.0 Å². The average molecular weight is 424 g/mol. The Bertz CT molecular complexity index is 980. The lowest BCUT2D eigenvalue weighted by Gasteiger charge is -2.15. The van der Waals surface area contributed by atoms with E-state index in [2.05, 4.69) is 42.7 Å². The molecule has 0 bridgehead atoms. The summed E-state index contributed by atoms with van der Waals surface area (Å²) in [6, 6.07) is 3.25. The van der Waals surface area contributed by atoms with Crippen LogP contribution >= 0.6 is 0 Å². The van der Waals surface area contributed by atoms with Crippen molar-refractivity contribution < 1.29 is 13.2 Å². The molecule has 2 N–H and O–H groups in total. The number of amides is 1. The molecule has 2 rings (SSSR count). The summed E-state index contributed by atoms with van der Waals surface area (Å²) in [5.41, 5.74) is 2.02. The predicted molar refractivity (Wildman–Crippen MR) is 117 cm³/mol. The summed E-state index contributed by atoms with van der Waals surface area (Å²) in [6.07, 6.45) is 1.72. The number of aryl methyl sites for hydroxylation is 1. The Morgan fingerprint density at radius 3 is 2.45 bits per heavy atom. The van der Waals surface area contributed by atoms with E-state index in [1.165, 1.54) is 14.1 Å². The summed E-state index contributed by atoms with van der Waals surface area (Å²) in [4.78, 5) is 17.7. The van der Waals surface area contributed by atoms with E-state index >= 15 is 0 Å². The Labute approximate surface area is 173 Å². The third-order valence-corrected chi connectivity index (χ3v) is 6.39. The number of nitrogens with zero attached hydrogens (tertiary/aromatic N) is 3. The van der Waals surface area contributed by atoms with E-state index in [-0.39, 0.29) is 5.91 Å². The topological polar surface area (TPSA) is 96.3 Å². The maximum Gasteiger partial charge on any atom is 0.301 e. The molecule has 0 saturated carbocycles. The van der Waals surface area contributed by atoms with Crippen molar-refractivity contribution >= 4 is 32.8 Å². The summed E-state index contributed by atoms with van der Waals surface area (Å²) in [6.45, 7) is 8.92. The van der Waals surface area contributed by atoms with Crippen molar-refractivity contribution in [2.24, 2.45) is 18.9 Å². The molecule has 1 aromatic heterocycles. The van der Waals surface area contributed by atoms with Crippen LogP contribution in [0.4, 0.5) is 5.69 Å². The zero-order valence-corrected chi connectivity index (χ0v) is 19.2. The molecule has 0 saturated heterocycles. The molecule has 29 heavy (non-hydrogen) atoms. The van der Waals surface area contributed by atoms with Gasteiger partial charge in [0.2, 0.25) is 0 Å². The predicted octanol–water partition coefficient (Wildman–Crippen LogP) is 2.77. The first kappa shape index (κ1) is 23.2. The number of rotatable bonds is 9. The van der Waals surface area contributed by atoms with Crippen molar-refractivity contribution in [1.82, 2.24) is 19.2 Å². The molecule has 0 aliphatic rings. The van der Waals surface area contributed by atoms with Crippen molar-refractivity contribution in [2.45, 2.75) is 40.5 Å². The molecule has 0 radical (unpaired) electrons. The second-order valence-corrected chi connectivity index (χ2v) is 10.1. The number of nitrogens with one attached hydrogen (secondary N) is 2. The van der Waals surface area contributed by atoms with Gasteiger partial charge in [-0.25, -0.2) is 4.98 Å². The minimum absolute atomic E-state index is 0.236. The number of carbonyl (C=O) groups excluding carboxylic acids is 1. The highest BCUT2D eigenvalue weighted by atomic mass is 32.2. The first-order chi connectivity index (χ1) is 13.5. The number of carbonyl (C=O) groups is 1. The molecule has 1 atom stereocenters. The maximum atomic E-state index is 13.0. The molecule has 0 spiro atoms. The minimum atomic E-state index is -3.70. The van der Waals surface area contributed by atoms with E-state index < -0.39 is 10.2 Å². The largest absolute Gasteiger partial charge is 0.352 e. The lowest BCUT2D eigenvalue weighted by Crippen LogP contribution is -2.30. The van der Waals surface area contributed by atoms with Crippen LogP contribution < -0.4 is 10.0 Å². The SMILES string of the molecule is CCC(C)CNC(=O)c1cc(NS(=O)(=O)N(C)C)cc2nc(CC(C)C)n(C)c12. The van der Waals surface area contributed by atoms with Gasteiger partial charge in [-0.3, -0.25) is 9.52 Å². The number of anilines is 1. The Kier molecular flexibility index (Phi) is 7.29. The van der Waals surface area contributed by atoms with Crippen molar-refractivity contribution in [3.05, 3.63) is 23.5 Å². The second kappa shape index (κ2) is 9.13. The number of fused-ring (bicyclic) bond motifs is 1. The lowest BCUT2D eigenvalue weighted by molar-refractivity contribution is 0.0949. The third kappa shape index (κ3) is 5.48. The second-order valence-electron chi connectivity index (χ2n) is 8.19. The van der Waals surface area contributed by atoms with Gasteiger partial charge in [0, 0.05) is 34.1 Å². The van der Waals surface area contributed by atoms with Crippen LogP contribution in [0, 0.1) is 11.8 Å². The Morgan fingerprint density at radius 1 is 1.24 bits per heavy atom. The zero-order valence-electron chi connectivity index (χ0n) is 18.4. The van der Waals surface area contributed by atoms with Gasteiger partial charge >= 0.3 is 10.2 Å². The fourth-order valence-corrected chi connectivity index (χ4v) is 3.52. The average Bonchev–Trinajstić information content (AvgIpc) is 2.93. The number of benzene rings is 1. The van der Waals surface area contributed by atoms with E-state index in [1.54, 1.807) is 12.1 Å². The van der Waals surface area contributed by atoms with Crippen molar-refractivity contribution in [2.75, 3.05) is 25.4 Å². The summed E-state index contributed by atoms with van der Waals surface area (Å²) >= 11 is 0. The van der Waals surface area contributed by atoms with E-state index in [4.69, 9.17) is 0 Å². The van der Waals surface area contributed by atoms with Crippen LogP contribution in [0.15, 0.2) is 12.1 Å². The highest BCUT2D eigenvalue weighted by Gasteiger charge is 2.21. The van der Waals surface area contributed by atoms with Crippen molar-refractivity contribution in [1.29, 1.82) is 0 Å². The van der Waals surface area contributed by atoms with E-state index in [0.717, 1.165) is 23.0 Å². The van der Waals surface area contributed by atoms with Crippen LogP contribution in [0.5, 0.6) is 0 Å². The van der Waals surface area contributed by atoms with E-state index in [1.807, 2.05) is 11.6 Å². The van der Waals surface area contributed by atoms with Gasteiger partial charge in [0.15, 0.2) is 0 Å². The fraction of sp³-hybridized carbons (Fsp3) is 0.600. The third-order valence-electron chi connectivity index (χ3n) is 4.93. The smallest absolute Gasteiger partial charge is 0.301 e. The normalized spacial score (nSPS) is 13.3. The van der Waals surface area contributed by atoms with Gasteiger partial charge in [0.25, 0.3) is 5.91 Å². The summed E-state index contributed by atoms with van der Waals surface area (Å²) < 4.78 is 30.1. The lowest BCUT2D eigenvalue weighted by atomic mass is 10.1. The van der Waals surface area contributed by atoms with Crippen LogP contribution in [-0.4, -0.2) is 48.8 Å². The number of hydrogen-bond donors (Lipinski definition) is 2. The quantitative estimate of drug-likeness (QED) is 0.648. The number of aromatic nitrogens is 2. The molecule has 0 aliphatic carbocycles. The molecule has 162 valence electrons. The molecule has 1 heterocycles. The van der Waals surface area contributed by atoms with Crippen LogP contribution in [-0.2, 0) is 23.7 Å². The molecule has 2 aromatic rings. The standard InChI is InChI=1S/C20H33N5O3S/c1-8-14(4)12-21-20(26)16-10-15(23-29(27,28)24(5)6)11-17-19(16)25(7)18(22-17)9-13(2)3/h10-11,13-14,23H,8-9,12H2,1-7H3,(H,21,26). The number of imidazole rings is 1. The molecule has 1 unspecified atom stereocenters. The van der Waals surface area contributed by atoms with E-state index in [0.29, 0.717) is 40.7 Å². The zero-order chi connectivity index (χ0) is 21.9. The summed E-state index contributed by atoms with van der Waals surface area (Å²) in [5.74, 6) is 1.38. The molecule has 9 heteroatoms. The Balaban J connectivity index is 2.57. The summed E-state index contributed by atoms with van der Waals surface area (Å²) in [7, 11) is 1.09. The molecule has 0 fully saturated rings. The molecular formula is C20H33N5O3S. The van der Waals surface area contributed by atoms with Gasteiger partial charge < -0.3 is 9.88 Å². The van der Waals surface area contributed by atoms with Gasteiger partial charge in [0.1, 0.15) is 5.82 Å². The van der Waals surface area contributed by atoms with Crippen LogP contribution in [0.25, 0.3) is 11.0 Å². The molecule has 1 aromatic carbocycles. The fourth-order valence-electron chi connectivity index (χ4n) is 2.93. The van der Waals surface area contributed by atoms with Gasteiger partial charge in [0.05, 0.1) is 22.3 Å². The van der Waals surface area contributed by atoms with Gasteiger partial charge in [-0.1, -0.05) is 34.1 Å². The molecule has 0 aliphatic heterocycles. The van der Waals surface area contributed by atoms with Crippen molar-refractivity contribution in [3.8, 4) is 0 Å². The van der Waals surface area contributed by atoms with Crippen LogP contribution in [0.3, 0.4) is 0 Å². The maximum absolute atomic E-state index is 13.0. The Morgan fingerprint density at radius 2 is 1.90 bits per heavy atom. The van der Waals surface area contributed by atoms with Gasteiger partial charge in [-0.2, -0.15) is 12.7 Å². The first-order valence-corrected chi connectivity index (χ1v) is 11.4. The van der Waals surface area contributed by atoms with Gasteiger partial charge in [-0.15, -0.1) is 0 Å². The highest BCUT2D eigenvalue weighted by molar-refractivity contribution is 7.90. The molecular weight excluding hydrogens is 390 g/mol. The molecule has 8 nitrogen and oxygen atoms in total. The first-order valence-electron chi connectivity index (χ1n) is 9.94. The minimum Gasteiger partial charge on any atom is -0.352 e. The van der Waals surface area contributed by atoms with Crippen molar-refractivity contribution in [3.63, 3.8) is 0 Å². The monoisotopic (exact) mass is 423 g/mol. The Hall–Kier alpha value is -2.13. The van der Waals surface area contributed by atoms with Crippen LogP contribution in [0.2, 0.25) is 0 Å². The summed E-state index contributed by atoms with van der Waals surface area (Å²) in [5, 5.41) is 2.96. The van der Waals surface area contributed by atoms with Crippen LogP contribution in [0.1, 0.15) is 50.3 Å². The highest BCUT2D eigenvalue weighted by Crippen LogP contribution is 2.26. The van der Waals surface area contributed by atoms with E-state index in [9.17, 15) is 13.2 Å². The molecule has 1 amide bonds. The number of hydrogen-bond acceptors (Lipinski definition) is 4.